The standard InChI is InChI=1S/C25H25N5O2/c1-16-7-5-8-17(2)24(16)27-23(31)14-29-25(32)22-13-21(28-30(22)15-26-29)20-12-6-10-18-9-3-4-11-19(18)20/h3-12,15,21-22,28H,13-14H2,1-2H3,(H,27,31). The third-order valence-electron chi connectivity index (χ3n) is 6.19. The van der Waals surface area contributed by atoms with E-state index in [9.17, 15) is 9.59 Å². The molecule has 7 nitrogen and oxygen atoms in total. The Bertz CT molecular complexity index is 1210. The van der Waals surface area contributed by atoms with Gasteiger partial charge in [-0.1, -0.05) is 60.7 Å². The second kappa shape index (κ2) is 8.09. The fraction of sp³-hybridized carbons (Fsp3) is 0.240. The van der Waals surface area contributed by atoms with Crippen molar-refractivity contribution in [2.75, 3.05) is 11.9 Å². The molecule has 2 unspecified atom stereocenters. The van der Waals surface area contributed by atoms with Crippen LogP contribution >= 0.6 is 0 Å². The number of aryl methyl sites for hydroxylation is 2. The Kier molecular flexibility index (Phi) is 5.11. The van der Waals surface area contributed by atoms with Gasteiger partial charge in [0.25, 0.3) is 5.91 Å². The van der Waals surface area contributed by atoms with E-state index in [-0.39, 0.29) is 24.4 Å². The number of rotatable bonds is 4. The van der Waals surface area contributed by atoms with E-state index in [0.717, 1.165) is 22.4 Å². The van der Waals surface area contributed by atoms with E-state index in [2.05, 4.69) is 40.1 Å². The predicted molar refractivity (Wildman–Crippen MR) is 125 cm³/mol. The molecule has 32 heavy (non-hydrogen) atoms. The highest BCUT2D eigenvalue weighted by atomic mass is 16.2. The average Bonchev–Trinajstić information content (AvgIpc) is 3.23. The first-order valence-electron chi connectivity index (χ1n) is 10.7. The van der Waals surface area contributed by atoms with Crippen LogP contribution in [-0.2, 0) is 9.59 Å². The van der Waals surface area contributed by atoms with Crippen LogP contribution in [0.5, 0.6) is 0 Å². The summed E-state index contributed by atoms with van der Waals surface area (Å²) in [6, 6.07) is 19.9. The average molecular weight is 428 g/mol. The van der Waals surface area contributed by atoms with Gasteiger partial charge in [-0.3, -0.25) is 14.6 Å². The minimum absolute atomic E-state index is 0.00936. The van der Waals surface area contributed by atoms with Crippen molar-refractivity contribution in [2.45, 2.75) is 32.4 Å². The Morgan fingerprint density at radius 2 is 1.78 bits per heavy atom. The van der Waals surface area contributed by atoms with Gasteiger partial charge in [-0.05, 0) is 47.7 Å². The number of carbonyl (C=O) groups excluding carboxylic acids is 2. The fourth-order valence-electron chi connectivity index (χ4n) is 4.54. The monoisotopic (exact) mass is 427 g/mol. The summed E-state index contributed by atoms with van der Waals surface area (Å²) in [5, 5.41) is 12.5. The number of nitrogens with zero attached hydrogens (tertiary/aromatic N) is 3. The molecule has 0 spiro atoms. The molecule has 0 bridgehead atoms. The van der Waals surface area contributed by atoms with E-state index in [4.69, 9.17) is 0 Å². The molecular weight excluding hydrogens is 402 g/mol. The van der Waals surface area contributed by atoms with Crippen molar-refractivity contribution >= 4 is 34.6 Å². The molecule has 0 aromatic heterocycles. The number of benzene rings is 3. The molecule has 0 radical (unpaired) electrons. The van der Waals surface area contributed by atoms with Gasteiger partial charge in [-0.15, -0.1) is 0 Å². The zero-order chi connectivity index (χ0) is 22.2. The third kappa shape index (κ3) is 3.61. The molecule has 0 saturated carbocycles. The number of fused-ring (bicyclic) bond motifs is 2. The van der Waals surface area contributed by atoms with Crippen molar-refractivity contribution in [3.63, 3.8) is 0 Å². The van der Waals surface area contributed by atoms with Crippen LogP contribution in [0.15, 0.2) is 65.8 Å². The van der Waals surface area contributed by atoms with Gasteiger partial charge in [0.15, 0.2) is 0 Å². The quantitative estimate of drug-likeness (QED) is 0.668. The number of amides is 2. The summed E-state index contributed by atoms with van der Waals surface area (Å²) in [5.74, 6) is -0.447. The number of para-hydroxylation sites is 1. The number of hydrazone groups is 1. The molecular formula is C25H25N5O2. The van der Waals surface area contributed by atoms with E-state index in [0.29, 0.717) is 6.42 Å². The lowest BCUT2D eigenvalue weighted by Crippen LogP contribution is -2.52. The summed E-state index contributed by atoms with van der Waals surface area (Å²) in [6.45, 7) is 3.77. The van der Waals surface area contributed by atoms with Crippen molar-refractivity contribution in [3.05, 3.63) is 77.4 Å². The molecule has 162 valence electrons. The van der Waals surface area contributed by atoms with Gasteiger partial charge in [-0.2, -0.15) is 5.10 Å². The lowest BCUT2D eigenvalue weighted by Gasteiger charge is -2.30. The van der Waals surface area contributed by atoms with Gasteiger partial charge in [-0.25, -0.2) is 10.4 Å². The molecule has 2 N–H and O–H groups in total. The topological polar surface area (TPSA) is 77.0 Å². The van der Waals surface area contributed by atoms with E-state index in [1.165, 1.54) is 15.8 Å². The van der Waals surface area contributed by atoms with Crippen LogP contribution in [0, 0.1) is 13.8 Å². The molecule has 1 fully saturated rings. The number of nitrogens with one attached hydrogen (secondary N) is 2. The number of anilines is 1. The first-order valence-corrected chi connectivity index (χ1v) is 10.7. The van der Waals surface area contributed by atoms with E-state index in [1.54, 1.807) is 11.3 Å². The first-order chi connectivity index (χ1) is 15.5. The first kappa shape index (κ1) is 20.2. The molecule has 7 heteroatoms. The molecule has 3 aromatic carbocycles. The van der Waals surface area contributed by atoms with Crippen molar-refractivity contribution < 1.29 is 9.59 Å². The molecule has 2 atom stereocenters. The summed E-state index contributed by atoms with van der Waals surface area (Å²) in [4.78, 5) is 25.8. The van der Waals surface area contributed by atoms with Crippen molar-refractivity contribution in [1.29, 1.82) is 0 Å². The summed E-state index contributed by atoms with van der Waals surface area (Å²) >= 11 is 0. The van der Waals surface area contributed by atoms with Crippen LogP contribution in [0.4, 0.5) is 5.69 Å². The maximum atomic E-state index is 13.1. The summed E-state index contributed by atoms with van der Waals surface area (Å²) in [5.41, 5.74) is 7.30. The van der Waals surface area contributed by atoms with Crippen LogP contribution in [0.2, 0.25) is 0 Å². The van der Waals surface area contributed by atoms with Crippen molar-refractivity contribution in [2.24, 2.45) is 5.10 Å². The third-order valence-corrected chi connectivity index (χ3v) is 6.19. The molecule has 0 aliphatic carbocycles. The Morgan fingerprint density at radius 1 is 1.06 bits per heavy atom. The van der Waals surface area contributed by atoms with Crippen LogP contribution in [0.25, 0.3) is 10.8 Å². The molecule has 2 aliphatic heterocycles. The van der Waals surface area contributed by atoms with Gasteiger partial charge in [0.05, 0.1) is 6.04 Å². The smallest absolute Gasteiger partial charge is 0.267 e. The SMILES string of the molecule is Cc1cccc(C)c1NC(=O)CN1N=CN2NC(c3cccc4ccccc34)CC2C1=O. The Hall–Kier alpha value is -3.71. The van der Waals surface area contributed by atoms with Gasteiger partial charge in [0, 0.05) is 5.69 Å². The summed E-state index contributed by atoms with van der Waals surface area (Å²) in [7, 11) is 0. The number of carbonyl (C=O) groups is 2. The largest absolute Gasteiger partial charge is 0.324 e. The van der Waals surface area contributed by atoms with Gasteiger partial charge >= 0.3 is 0 Å². The van der Waals surface area contributed by atoms with Crippen LogP contribution in [0.1, 0.15) is 29.2 Å². The second-order valence-corrected chi connectivity index (χ2v) is 8.35. The van der Waals surface area contributed by atoms with Crippen molar-refractivity contribution in [3.8, 4) is 0 Å². The lowest BCUT2D eigenvalue weighted by atomic mass is 9.96. The summed E-state index contributed by atoms with van der Waals surface area (Å²) in [6.07, 6.45) is 2.21. The Morgan fingerprint density at radius 3 is 2.59 bits per heavy atom. The minimum Gasteiger partial charge on any atom is -0.324 e. The van der Waals surface area contributed by atoms with Gasteiger partial charge in [0.2, 0.25) is 5.91 Å². The fourth-order valence-corrected chi connectivity index (χ4v) is 4.54. The highest BCUT2D eigenvalue weighted by molar-refractivity contribution is 5.97. The van der Waals surface area contributed by atoms with E-state index < -0.39 is 6.04 Å². The maximum Gasteiger partial charge on any atom is 0.267 e. The highest BCUT2D eigenvalue weighted by Crippen LogP contribution is 2.33. The zero-order valence-corrected chi connectivity index (χ0v) is 18.1. The molecule has 3 aromatic rings. The normalized spacial score (nSPS) is 20.0. The van der Waals surface area contributed by atoms with Crippen molar-refractivity contribution in [1.82, 2.24) is 15.4 Å². The predicted octanol–water partition coefficient (Wildman–Crippen LogP) is 3.50. The second-order valence-electron chi connectivity index (χ2n) is 8.35. The highest BCUT2D eigenvalue weighted by Gasteiger charge is 2.41. The van der Waals surface area contributed by atoms with E-state index in [1.807, 2.05) is 50.2 Å². The number of hydrogen-bond acceptors (Lipinski definition) is 5. The Balaban J connectivity index is 1.30. The summed E-state index contributed by atoms with van der Waals surface area (Å²) < 4.78 is 0. The zero-order valence-electron chi connectivity index (χ0n) is 18.1. The van der Waals surface area contributed by atoms with Gasteiger partial charge in [0.1, 0.15) is 18.9 Å². The number of hydrogen-bond donors (Lipinski definition) is 2. The Labute approximate surface area is 186 Å². The lowest BCUT2D eigenvalue weighted by molar-refractivity contribution is -0.139. The van der Waals surface area contributed by atoms with Crippen LogP contribution in [0.3, 0.4) is 0 Å². The molecule has 1 saturated heterocycles. The molecule has 5 rings (SSSR count). The van der Waals surface area contributed by atoms with Crippen LogP contribution in [-0.4, -0.2) is 40.8 Å². The van der Waals surface area contributed by atoms with Gasteiger partial charge < -0.3 is 5.32 Å². The minimum atomic E-state index is -0.399. The van der Waals surface area contributed by atoms with E-state index >= 15 is 0 Å². The molecule has 2 amide bonds. The molecule has 2 aliphatic rings. The number of hydrazine groups is 1. The molecule has 2 heterocycles. The maximum absolute atomic E-state index is 13.1. The van der Waals surface area contributed by atoms with Crippen LogP contribution < -0.4 is 10.7 Å².